The maximum atomic E-state index is 13.5. The Balaban J connectivity index is 1.51. The summed E-state index contributed by atoms with van der Waals surface area (Å²) in [4.78, 5) is 41.7. The summed E-state index contributed by atoms with van der Waals surface area (Å²) in [5.41, 5.74) is 0.774. The van der Waals surface area contributed by atoms with E-state index in [4.69, 9.17) is 4.74 Å². The van der Waals surface area contributed by atoms with Crippen LogP contribution in [0.4, 0.5) is 46.5 Å². The van der Waals surface area contributed by atoms with E-state index in [9.17, 15) is 28.1 Å². The van der Waals surface area contributed by atoms with E-state index in [1.165, 1.54) is 7.11 Å². The number of urea groups is 1. The molecule has 2 aromatic heterocycles. The molecule has 0 aliphatic carbocycles. The SMILES string of the molecule is COc1ncc(N(C)c2ccc3nc(C)nc(NC(C)c4cc([N+](=O)[O-])cc(C(F)(F)F)c4)c3c2)cc1N1CCN(C)C1=O. The number of alkyl halides is 3. The highest BCUT2D eigenvalue weighted by Gasteiger charge is 2.33. The lowest BCUT2D eigenvalue weighted by molar-refractivity contribution is -0.385. The smallest absolute Gasteiger partial charge is 0.416 e. The molecule has 1 fully saturated rings. The van der Waals surface area contributed by atoms with Gasteiger partial charge in [0, 0.05) is 50.4 Å². The number of hydrogen-bond acceptors (Lipinski definition) is 9. The highest BCUT2D eigenvalue weighted by molar-refractivity contribution is 5.96. The largest absolute Gasteiger partial charge is 0.480 e. The molecule has 5 rings (SSSR count). The third kappa shape index (κ3) is 5.85. The van der Waals surface area contributed by atoms with E-state index in [1.807, 2.05) is 24.1 Å². The van der Waals surface area contributed by atoms with Crippen LogP contribution in [-0.2, 0) is 6.18 Å². The molecule has 0 bridgehead atoms. The first kappa shape index (κ1) is 30.3. The Kier molecular flexibility index (Phi) is 7.88. The second-order valence-electron chi connectivity index (χ2n) is 10.4. The molecule has 1 N–H and O–H groups in total. The summed E-state index contributed by atoms with van der Waals surface area (Å²) in [6.45, 7) is 4.33. The molecule has 1 aliphatic heterocycles. The number of nitro benzene ring substituents is 1. The first-order chi connectivity index (χ1) is 20.8. The summed E-state index contributed by atoms with van der Waals surface area (Å²) in [5, 5.41) is 15.1. The van der Waals surface area contributed by atoms with Gasteiger partial charge < -0.3 is 19.9 Å². The van der Waals surface area contributed by atoms with Crippen LogP contribution in [-0.4, -0.2) is 65.1 Å². The molecule has 2 aromatic carbocycles. The molecule has 1 aliphatic rings. The van der Waals surface area contributed by atoms with Crippen LogP contribution < -0.4 is 19.9 Å². The van der Waals surface area contributed by atoms with Crippen molar-refractivity contribution in [1.29, 1.82) is 0 Å². The molecule has 15 heteroatoms. The van der Waals surface area contributed by atoms with E-state index >= 15 is 0 Å². The van der Waals surface area contributed by atoms with E-state index in [2.05, 4.69) is 20.3 Å². The number of ether oxygens (including phenoxy) is 1. The molecule has 44 heavy (non-hydrogen) atoms. The van der Waals surface area contributed by atoms with Crippen molar-refractivity contribution in [3.8, 4) is 5.88 Å². The third-order valence-electron chi connectivity index (χ3n) is 7.42. The maximum Gasteiger partial charge on any atom is 0.416 e. The molecule has 1 saturated heterocycles. The predicted octanol–water partition coefficient (Wildman–Crippen LogP) is 6.08. The molecular weight excluding hydrogens is 581 g/mol. The van der Waals surface area contributed by atoms with Crippen molar-refractivity contribution < 1.29 is 27.6 Å². The fourth-order valence-electron chi connectivity index (χ4n) is 4.98. The molecule has 1 unspecified atom stereocenters. The number of carbonyl (C=O) groups is 1. The van der Waals surface area contributed by atoms with Gasteiger partial charge >= 0.3 is 12.2 Å². The summed E-state index contributed by atoms with van der Waals surface area (Å²) in [6.07, 6.45) is -3.14. The summed E-state index contributed by atoms with van der Waals surface area (Å²) in [7, 11) is 5.02. The lowest BCUT2D eigenvalue weighted by atomic mass is 10.0. The third-order valence-corrected chi connectivity index (χ3v) is 7.42. The highest BCUT2D eigenvalue weighted by Crippen LogP contribution is 2.37. The zero-order valence-corrected chi connectivity index (χ0v) is 24.5. The normalized spacial score (nSPS) is 14.2. The van der Waals surface area contributed by atoms with Gasteiger partial charge in [0.05, 0.1) is 41.0 Å². The van der Waals surface area contributed by atoms with Gasteiger partial charge in [-0.25, -0.2) is 19.7 Å². The molecule has 2 amide bonds. The van der Waals surface area contributed by atoms with Crippen molar-refractivity contribution >= 4 is 45.5 Å². The summed E-state index contributed by atoms with van der Waals surface area (Å²) in [6, 6.07) is 8.82. The van der Waals surface area contributed by atoms with Crippen LogP contribution in [0.1, 0.15) is 29.9 Å². The lowest BCUT2D eigenvalue weighted by Gasteiger charge is -2.24. The van der Waals surface area contributed by atoms with Crippen LogP contribution in [0.3, 0.4) is 0 Å². The van der Waals surface area contributed by atoms with Crippen molar-refractivity contribution in [2.45, 2.75) is 26.1 Å². The number of aryl methyl sites for hydroxylation is 1. The van der Waals surface area contributed by atoms with E-state index in [1.54, 1.807) is 49.0 Å². The lowest BCUT2D eigenvalue weighted by Crippen LogP contribution is -2.29. The Morgan fingerprint density at radius 1 is 1.11 bits per heavy atom. The van der Waals surface area contributed by atoms with Crippen molar-refractivity contribution in [2.75, 3.05) is 49.4 Å². The molecular formula is C29H29F3N8O4. The van der Waals surface area contributed by atoms with Gasteiger partial charge in [-0.3, -0.25) is 15.0 Å². The number of nitrogens with one attached hydrogen (secondary N) is 1. The number of amides is 2. The van der Waals surface area contributed by atoms with Gasteiger partial charge in [0.2, 0.25) is 5.88 Å². The monoisotopic (exact) mass is 610 g/mol. The van der Waals surface area contributed by atoms with Crippen molar-refractivity contribution in [3.05, 3.63) is 75.7 Å². The molecule has 0 radical (unpaired) electrons. The standard InChI is InChI=1S/C29H29F3N8O4/c1-16(18-10-19(29(30,31)32)12-21(11-18)40(42)43)34-26-23-13-20(6-7-24(23)35-17(2)36-26)38(4)22-14-25(27(44-5)33-15-22)39-9-8-37(3)28(39)41/h6-7,10-16H,8-9H2,1-5H3,(H,34,35,36). The molecule has 4 aromatic rings. The second kappa shape index (κ2) is 11.5. The minimum absolute atomic E-state index is 0.0724. The first-order valence-corrected chi connectivity index (χ1v) is 13.5. The number of pyridine rings is 1. The number of methoxy groups -OCH3 is 1. The summed E-state index contributed by atoms with van der Waals surface area (Å²) < 4.78 is 46.0. The van der Waals surface area contributed by atoms with E-state index < -0.39 is 28.4 Å². The Bertz CT molecular complexity index is 1770. The fourth-order valence-corrected chi connectivity index (χ4v) is 4.98. The molecule has 1 atom stereocenters. The number of fused-ring (bicyclic) bond motifs is 1. The molecule has 12 nitrogen and oxygen atoms in total. The minimum Gasteiger partial charge on any atom is -0.480 e. The number of nitrogens with zero attached hydrogens (tertiary/aromatic N) is 7. The average Bonchev–Trinajstić information content (AvgIpc) is 3.32. The molecule has 0 spiro atoms. The van der Waals surface area contributed by atoms with Crippen LogP contribution in [0.5, 0.6) is 5.88 Å². The van der Waals surface area contributed by atoms with Gasteiger partial charge in [0.25, 0.3) is 5.69 Å². The zero-order chi connectivity index (χ0) is 31.9. The number of nitro groups is 1. The number of anilines is 4. The van der Waals surface area contributed by atoms with E-state index in [0.29, 0.717) is 64.6 Å². The van der Waals surface area contributed by atoms with Crippen LogP contribution in [0.15, 0.2) is 48.7 Å². The first-order valence-electron chi connectivity index (χ1n) is 13.5. The second-order valence-corrected chi connectivity index (χ2v) is 10.4. The topological polar surface area (TPSA) is 130 Å². The number of likely N-dealkylation sites (N-methyl/N-ethyl adjacent to an activating group) is 1. The number of benzene rings is 2. The van der Waals surface area contributed by atoms with Gasteiger partial charge in [-0.2, -0.15) is 13.2 Å². The van der Waals surface area contributed by atoms with Gasteiger partial charge in [-0.15, -0.1) is 0 Å². The fraction of sp³-hybridized carbons (Fsp3) is 0.310. The van der Waals surface area contributed by atoms with Crippen molar-refractivity contribution in [1.82, 2.24) is 19.9 Å². The number of hydrogen-bond donors (Lipinski definition) is 1. The van der Waals surface area contributed by atoms with Gasteiger partial charge in [0.15, 0.2) is 0 Å². The zero-order valence-electron chi connectivity index (χ0n) is 24.5. The minimum atomic E-state index is -4.76. The van der Waals surface area contributed by atoms with E-state index in [0.717, 1.165) is 12.1 Å². The Morgan fingerprint density at radius 3 is 2.50 bits per heavy atom. The van der Waals surface area contributed by atoms with Gasteiger partial charge in [0.1, 0.15) is 17.3 Å². The van der Waals surface area contributed by atoms with Crippen LogP contribution in [0.2, 0.25) is 0 Å². The molecule has 0 saturated carbocycles. The predicted molar refractivity (Wildman–Crippen MR) is 159 cm³/mol. The number of aromatic nitrogens is 3. The number of halogens is 3. The Hall–Kier alpha value is -5.21. The Morgan fingerprint density at radius 2 is 1.86 bits per heavy atom. The van der Waals surface area contributed by atoms with Crippen molar-refractivity contribution in [2.24, 2.45) is 0 Å². The van der Waals surface area contributed by atoms with Crippen molar-refractivity contribution in [3.63, 3.8) is 0 Å². The quantitative estimate of drug-likeness (QED) is 0.186. The maximum absolute atomic E-state index is 13.5. The number of rotatable bonds is 8. The van der Waals surface area contributed by atoms with Gasteiger partial charge in [-0.05, 0) is 49.7 Å². The van der Waals surface area contributed by atoms with Crippen LogP contribution >= 0.6 is 0 Å². The summed E-state index contributed by atoms with van der Waals surface area (Å²) >= 11 is 0. The number of non-ortho nitro benzene ring substituents is 1. The highest BCUT2D eigenvalue weighted by atomic mass is 19.4. The average molecular weight is 611 g/mol. The van der Waals surface area contributed by atoms with Gasteiger partial charge in [-0.1, -0.05) is 0 Å². The number of carbonyl (C=O) groups excluding carboxylic acids is 1. The van der Waals surface area contributed by atoms with E-state index in [-0.39, 0.29) is 11.6 Å². The molecule has 3 heterocycles. The summed E-state index contributed by atoms with van der Waals surface area (Å²) in [5.74, 6) is 1.07. The molecule has 230 valence electrons. The van der Waals surface area contributed by atoms with Crippen LogP contribution in [0.25, 0.3) is 10.9 Å². The Labute approximate surface area is 250 Å². The van der Waals surface area contributed by atoms with Crippen LogP contribution in [0, 0.1) is 17.0 Å².